The predicted octanol–water partition coefficient (Wildman–Crippen LogP) is 16.2. The van der Waals surface area contributed by atoms with Crippen molar-refractivity contribution in [1.82, 2.24) is 43.4 Å². The van der Waals surface area contributed by atoms with E-state index in [4.69, 9.17) is 8.83 Å². The SMILES string of the molecule is CC.Cc1ccc2oc3ncccc3c2c1.Cc1ccc2sc3cccnc3c2n1.Cn1c2ccccc2c2ccccc21.Cn1c2ccccc2n2c3ccccc3nc12.c1cnc2c(c1)oc1cccnc12. The summed E-state index contributed by atoms with van der Waals surface area (Å²) in [7, 11) is 4.17. The molecule has 0 bridgehead atoms. The molecule has 16 rings (SSSR count). The van der Waals surface area contributed by atoms with Gasteiger partial charge in [-0.1, -0.05) is 86.1 Å². The van der Waals surface area contributed by atoms with Crippen LogP contribution in [0.2, 0.25) is 0 Å². The zero-order chi connectivity index (χ0) is 50.7. The summed E-state index contributed by atoms with van der Waals surface area (Å²) < 4.78 is 20.1. The number of para-hydroxylation sites is 6. The van der Waals surface area contributed by atoms with E-state index in [2.05, 4.69) is 174 Å². The van der Waals surface area contributed by atoms with Crippen LogP contribution in [-0.2, 0) is 14.1 Å². The van der Waals surface area contributed by atoms with Gasteiger partial charge in [0.1, 0.15) is 27.6 Å². The summed E-state index contributed by atoms with van der Waals surface area (Å²) in [5, 5.41) is 4.91. The third-order valence-electron chi connectivity index (χ3n) is 12.7. The molecule has 11 nitrogen and oxygen atoms in total. The lowest BCUT2D eigenvalue weighted by Gasteiger charge is -1.95. The molecule has 11 aromatic heterocycles. The molecule has 0 aliphatic heterocycles. The van der Waals surface area contributed by atoms with Crippen LogP contribution in [0.1, 0.15) is 25.1 Å². The fraction of sp³-hybridized carbons (Fsp3) is 0.0968. The average molecular weight is 986 g/mol. The van der Waals surface area contributed by atoms with Crippen LogP contribution in [-0.4, -0.2) is 43.4 Å². The summed E-state index contributed by atoms with van der Waals surface area (Å²) >= 11 is 1.75. The molecule has 12 heteroatoms. The van der Waals surface area contributed by atoms with Crippen LogP contribution in [0.15, 0.2) is 210 Å². The lowest BCUT2D eigenvalue weighted by Crippen LogP contribution is -1.87. The van der Waals surface area contributed by atoms with Crippen LogP contribution < -0.4 is 0 Å². The van der Waals surface area contributed by atoms with Crippen LogP contribution in [0, 0.1) is 13.8 Å². The van der Waals surface area contributed by atoms with Gasteiger partial charge < -0.3 is 18.0 Å². The van der Waals surface area contributed by atoms with E-state index in [0.29, 0.717) is 5.71 Å². The lowest BCUT2D eigenvalue weighted by molar-refractivity contribution is 0.654. The Balaban J connectivity index is 0.0000000987. The molecule has 0 saturated carbocycles. The molecule has 0 N–H and O–H groups in total. The van der Waals surface area contributed by atoms with Gasteiger partial charge in [0.05, 0.1) is 31.5 Å². The zero-order valence-corrected chi connectivity index (χ0v) is 42.6. The topological polar surface area (TPSA) is 118 Å². The molecule has 16 aromatic rings. The number of rotatable bonds is 0. The molecule has 0 spiro atoms. The number of nitrogens with zero attached hydrogens (tertiary/aromatic N) is 9. The Labute approximate surface area is 429 Å². The molecule has 0 unspecified atom stereocenters. The summed E-state index contributed by atoms with van der Waals surface area (Å²) in [5.74, 6) is 0.993. The highest BCUT2D eigenvalue weighted by Gasteiger charge is 2.13. The van der Waals surface area contributed by atoms with E-state index >= 15 is 0 Å². The van der Waals surface area contributed by atoms with Gasteiger partial charge in [0, 0.05) is 77.2 Å². The fourth-order valence-electron chi connectivity index (χ4n) is 9.35. The first kappa shape index (κ1) is 47.1. The van der Waals surface area contributed by atoms with Crippen LogP contribution in [0.4, 0.5) is 0 Å². The van der Waals surface area contributed by atoms with Gasteiger partial charge in [-0.05, 0) is 123 Å². The molecule has 0 atom stereocenters. The van der Waals surface area contributed by atoms with Gasteiger partial charge in [0.2, 0.25) is 11.5 Å². The molecule has 0 aliphatic rings. The van der Waals surface area contributed by atoms with E-state index in [1.807, 2.05) is 93.7 Å². The minimum absolute atomic E-state index is 0.716. The molecule has 0 saturated heterocycles. The molecular formula is C62H51N9O2S. The quantitative estimate of drug-likeness (QED) is 0.147. The minimum Gasteiger partial charge on any atom is -0.453 e. The Kier molecular flexibility index (Phi) is 13.0. The van der Waals surface area contributed by atoms with Crippen molar-refractivity contribution in [3.05, 3.63) is 212 Å². The molecule has 0 amide bonds. The van der Waals surface area contributed by atoms with E-state index in [0.717, 1.165) is 66.6 Å². The first-order valence-electron chi connectivity index (χ1n) is 24.5. The van der Waals surface area contributed by atoms with E-state index in [9.17, 15) is 0 Å². The lowest BCUT2D eigenvalue weighted by atomic mass is 10.1. The predicted molar refractivity (Wildman–Crippen MR) is 306 cm³/mol. The maximum absolute atomic E-state index is 5.60. The maximum atomic E-state index is 5.60. The molecule has 0 aliphatic carbocycles. The number of aryl methyl sites for hydroxylation is 4. The van der Waals surface area contributed by atoms with Gasteiger partial charge >= 0.3 is 0 Å². The van der Waals surface area contributed by atoms with Crippen LogP contribution in [0.5, 0.6) is 0 Å². The van der Waals surface area contributed by atoms with Gasteiger partial charge in [-0.15, -0.1) is 11.3 Å². The minimum atomic E-state index is 0.716. The highest BCUT2D eigenvalue weighted by Crippen LogP contribution is 2.32. The monoisotopic (exact) mass is 985 g/mol. The molecular weight excluding hydrogens is 935 g/mol. The van der Waals surface area contributed by atoms with Crippen LogP contribution in [0.25, 0.3) is 114 Å². The van der Waals surface area contributed by atoms with Crippen molar-refractivity contribution < 1.29 is 8.83 Å². The van der Waals surface area contributed by atoms with Gasteiger partial charge in [0.25, 0.3) is 0 Å². The molecule has 5 aromatic carbocycles. The Hall–Kier alpha value is -9.26. The first-order chi connectivity index (χ1) is 36.4. The summed E-state index contributed by atoms with van der Waals surface area (Å²) in [6.07, 6.45) is 7.05. The molecule has 0 fully saturated rings. The summed E-state index contributed by atoms with van der Waals surface area (Å²) in [6, 6.07) is 59.5. The fourth-order valence-corrected chi connectivity index (χ4v) is 10.4. The van der Waals surface area contributed by atoms with E-state index in [-0.39, 0.29) is 0 Å². The van der Waals surface area contributed by atoms with Crippen molar-refractivity contribution in [2.24, 2.45) is 14.1 Å². The Morgan fingerprint density at radius 1 is 0.405 bits per heavy atom. The van der Waals surface area contributed by atoms with Gasteiger partial charge in [-0.25, -0.2) is 15.0 Å². The van der Waals surface area contributed by atoms with E-state index in [1.54, 1.807) is 29.9 Å². The third kappa shape index (κ3) is 8.81. The number of benzene rings is 5. The van der Waals surface area contributed by atoms with E-state index < -0.39 is 0 Å². The second-order valence-corrected chi connectivity index (χ2v) is 18.5. The maximum Gasteiger partial charge on any atom is 0.227 e. The summed E-state index contributed by atoms with van der Waals surface area (Å²) in [5.41, 5.74) is 16.4. The number of furan rings is 2. The van der Waals surface area contributed by atoms with Crippen molar-refractivity contribution in [2.75, 3.05) is 0 Å². The number of fused-ring (bicyclic) bond motifs is 17. The Bertz CT molecular complexity index is 4400. The molecule has 362 valence electrons. The van der Waals surface area contributed by atoms with Crippen molar-refractivity contribution >= 4 is 126 Å². The number of thiophene rings is 1. The molecule has 74 heavy (non-hydrogen) atoms. The standard InChI is InChI=1S/C14H11N3.C13H11N.C12H9NO.C11H8N2S.C10H6N2O.C2H6/c1-16-12-8-4-5-9-13(12)17-11-7-3-2-6-10(11)15-14(16)17;1-14-12-8-4-2-6-10(12)11-7-3-5-9-13(11)14;1-8-4-5-11-10(7-8)9-3-2-6-13-12(9)14-11;1-7-4-5-9-11(13-7)10-8(14-9)3-2-6-12-10;1-3-7-9(11-5-1)10-8(13-7)4-2-6-12-10;1-2/h2-9H,1H3;2-9H,1H3;2-7H,1H3;2-6H,1H3;1-6H;1-2H3. The number of hydrogen-bond acceptors (Lipinski definition) is 9. The first-order valence-corrected chi connectivity index (χ1v) is 25.4. The molecule has 11 heterocycles. The highest BCUT2D eigenvalue weighted by molar-refractivity contribution is 7.25. The van der Waals surface area contributed by atoms with Crippen LogP contribution >= 0.6 is 11.3 Å². The number of imidazole rings is 2. The van der Waals surface area contributed by atoms with Gasteiger partial charge in [0.15, 0.2) is 11.2 Å². The Morgan fingerprint density at radius 2 is 0.959 bits per heavy atom. The number of pyridine rings is 5. The molecule has 0 radical (unpaired) electrons. The normalized spacial score (nSPS) is 11.1. The number of hydrogen-bond donors (Lipinski definition) is 0. The largest absolute Gasteiger partial charge is 0.453 e. The van der Waals surface area contributed by atoms with Crippen molar-refractivity contribution in [2.45, 2.75) is 27.7 Å². The van der Waals surface area contributed by atoms with E-state index in [1.165, 1.54) is 53.3 Å². The Morgan fingerprint density at radius 3 is 1.66 bits per heavy atom. The highest BCUT2D eigenvalue weighted by atomic mass is 32.1. The van der Waals surface area contributed by atoms with Crippen molar-refractivity contribution in [1.29, 1.82) is 0 Å². The van der Waals surface area contributed by atoms with Crippen molar-refractivity contribution in [3.8, 4) is 0 Å². The summed E-state index contributed by atoms with van der Waals surface area (Å²) in [6.45, 7) is 8.08. The zero-order valence-electron chi connectivity index (χ0n) is 41.8. The van der Waals surface area contributed by atoms with Gasteiger partial charge in [-0.3, -0.25) is 19.4 Å². The van der Waals surface area contributed by atoms with Crippen molar-refractivity contribution in [3.63, 3.8) is 0 Å². The smallest absolute Gasteiger partial charge is 0.227 e. The average Bonchev–Trinajstić information content (AvgIpc) is 4.31. The number of aromatic nitrogens is 9. The third-order valence-corrected chi connectivity index (χ3v) is 13.8. The van der Waals surface area contributed by atoms with Crippen LogP contribution in [0.3, 0.4) is 0 Å². The second kappa shape index (κ2) is 20.5. The second-order valence-electron chi connectivity index (χ2n) is 17.4. The summed E-state index contributed by atoms with van der Waals surface area (Å²) in [4.78, 5) is 26.2. The van der Waals surface area contributed by atoms with Gasteiger partial charge in [-0.2, -0.15) is 0 Å².